The Morgan fingerprint density at radius 3 is 2.55 bits per heavy atom. The molecule has 1 heterocycles. The first kappa shape index (κ1) is 18.8. The van der Waals surface area contributed by atoms with Gasteiger partial charge in [0.2, 0.25) is 5.91 Å². The van der Waals surface area contributed by atoms with Crippen LogP contribution in [0.5, 0.6) is 5.75 Å². The number of hydrogen-bond acceptors (Lipinski definition) is 2. The molecule has 0 aliphatic carbocycles. The molecule has 0 unspecified atom stereocenters. The molecule has 1 amide bonds. The molecule has 0 fully saturated rings. The molecule has 0 spiro atoms. The Morgan fingerprint density at radius 1 is 0.931 bits per heavy atom. The number of nitrogens with one attached hydrogen (secondary N) is 1. The van der Waals surface area contributed by atoms with Gasteiger partial charge in [0.15, 0.2) is 0 Å². The minimum Gasteiger partial charge on any atom is -0.488 e. The number of rotatable bonds is 6. The summed E-state index contributed by atoms with van der Waals surface area (Å²) in [5, 5.41) is 4.03. The van der Waals surface area contributed by atoms with Gasteiger partial charge < -0.3 is 14.6 Å². The summed E-state index contributed by atoms with van der Waals surface area (Å²) in [5.41, 5.74) is 5.21. The van der Waals surface area contributed by atoms with Gasteiger partial charge in [-0.2, -0.15) is 0 Å². The third-order valence-electron chi connectivity index (χ3n) is 5.20. The van der Waals surface area contributed by atoms with Crippen molar-refractivity contribution < 1.29 is 9.53 Å². The lowest BCUT2D eigenvalue weighted by Crippen LogP contribution is -2.18. The van der Waals surface area contributed by atoms with E-state index in [0.29, 0.717) is 6.61 Å². The predicted molar refractivity (Wildman–Crippen MR) is 117 cm³/mol. The third-order valence-corrected chi connectivity index (χ3v) is 5.20. The van der Waals surface area contributed by atoms with Crippen molar-refractivity contribution in [1.29, 1.82) is 0 Å². The molecule has 0 saturated carbocycles. The van der Waals surface area contributed by atoms with E-state index in [4.69, 9.17) is 4.74 Å². The highest BCUT2D eigenvalue weighted by molar-refractivity contribution is 5.93. The molecule has 4 nitrogen and oxygen atoms in total. The van der Waals surface area contributed by atoms with Crippen LogP contribution >= 0.6 is 0 Å². The van der Waals surface area contributed by atoms with Crippen molar-refractivity contribution in [2.24, 2.45) is 0 Å². The van der Waals surface area contributed by atoms with E-state index in [1.165, 1.54) is 0 Å². The van der Waals surface area contributed by atoms with Crippen LogP contribution < -0.4 is 10.1 Å². The molecule has 4 aromatic rings. The second-order valence-corrected chi connectivity index (χ2v) is 7.20. The minimum absolute atomic E-state index is 0.0493. The highest BCUT2D eigenvalue weighted by Gasteiger charge is 2.11. The SMILES string of the molecule is Cc1cccc(NC(=O)Cn2ccc3c(OCc4ccccc4)cccc32)c1C. The van der Waals surface area contributed by atoms with Gasteiger partial charge in [-0.25, -0.2) is 0 Å². The second kappa shape index (κ2) is 8.23. The first-order chi connectivity index (χ1) is 14.1. The number of aryl methyl sites for hydroxylation is 1. The highest BCUT2D eigenvalue weighted by atomic mass is 16.5. The Bertz CT molecular complexity index is 1150. The minimum atomic E-state index is -0.0493. The summed E-state index contributed by atoms with van der Waals surface area (Å²) >= 11 is 0. The first-order valence-electron chi connectivity index (χ1n) is 9.72. The smallest absolute Gasteiger partial charge is 0.244 e. The van der Waals surface area contributed by atoms with Crippen molar-refractivity contribution in [1.82, 2.24) is 4.57 Å². The summed E-state index contributed by atoms with van der Waals surface area (Å²) in [6.45, 7) is 4.82. The zero-order chi connectivity index (χ0) is 20.2. The van der Waals surface area contributed by atoms with Gasteiger partial charge in [-0.1, -0.05) is 48.5 Å². The van der Waals surface area contributed by atoms with Crippen molar-refractivity contribution in [2.75, 3.05) is 5.32 Å². The van der Waals surface area contributed by atoms with Crippen LogP contribution in [0.3, 0.4) is 0 Å². The lowest BCUT2D eigenvalue weighted by Gasteiger charge is -2.12. The zero-order valence-corrected chi connectivity index (χ0v) is 16.7. The molecule has 0 atom stereocenters. The van der Waals surface area contributed by atoms with Crippen molar-refractivity contribution in [2.45, 2.75) is 27.0 Å². The first-order valence-corrected chi connectivity index (χ1v) is 9.72. The van der Waals surface area contributed by atoms with Crippen LogP contribution in [0.25, 0.3) is 10.9 Å². The quantitative estimate of drug-likeness (QED) is 0.479. The van der Waals surface area contributed by atoms with E-state index in [9.17, 15) is 4.79 Å². The Hall–Kier alpha value is -3.53. The number of carbonyl (C=O) groups excluding carboxylic acids is 1. The van der Waals surface area contributed by atoms with Crippen LogP contribution in [0.4, 0.5) is 5.69 Å². The van der Waals surface area contributed by atoms with E-state index in [1.807, 2.05) is 97.4 Å². The molecule has 146 valence electrons. The van der Waals surface area contributed by atoms with Gasteiger partial charge in [0.05, 0.1) is 5.52 Å². The van der Waals surface area contributed by atoms with Crippen LogP contribution in [0.2, 0.25) is 0 Å². The van der Waals surface area contributed by atoms with E-state index in [2.05, 4.69) is 5.32 Å². The maximum absolute atomic E-state index is 12.6. The number of anilines is 1. The summed E-state index contributed by atoms with van der Waals surface area (Å²) < 4.78 is 7.98. The fraction of sp³-hybridized carbons (Fsp3) is 0.160. The molecule has 3 aromatic carbocycles. The summed E-state index contributed by atoms with van der Waals surface area (Å²) in [6, 6.07) is 24.0. The number of hydrogen-bond donors (Lipinski definition) is 1. The molecule has 4 rings (SSSR count). The molecular weight excluding hydrogens is 360 g/mol. The average Bonchev–Trinajstić information content (AvgIpc) is 3.14. The monoisotopic (exact) mass is 384 g/mol. The standard InChI is InChI=1S/C25H24N2O2/c1-18-8-6-11-22(19(18)2)26-25(28)16-27-15-14-21-23(27)12-7-13-24(21)29-17-20-9-4-3-5-10-20/h3-15H,16-17H2,1-2H3,(H,26,28). The Morgan fingerprint density at radius 2 is 1.72 bits per heavy atom. The maximum atomic E-state index is 12.6. The molecule has 0 aliphatic rings. The van der Waals surface area contributed by atoms with E-state index >= 15 is 0 Å². The Balaban J connectivity index is 1.50. The van der Waals surface area contributed by atoms with Crippen LogP contribution in [-0.2, 0) is 17.9 Å². The molecule has 0 bridgehead atoms. The van der Waals surface area contributed by atoms with E-state index in [-0.39, 0.29) is 12.5 Å². The summed E-state index contributed by atoms with van der Waals surface area (Å²) in [4.78, 5) is 12.6. The van der Waals surface area contributed by atoms with Crippen LogP contribution in [-0.4, -0.2) is 10.5 Å². The van der Waals surface area contributed by atoms with Gasteiger partial charge >= 0.3 is 0 Å². The molecule has 1 N–H and O–H groups in total. The maximum Gasteiger partial charge on any atom is 0.244 e. The number of aromatic nitrogens is 1. The third kappa shape index (κ3) is 4.16. The fourth-order valence-electron chi connectivity index (χ4n) is 3.43. The number of benzene rings is 3. The lowest BCUT2D eigenvalue weighted by atomic mass is 10.1. The van der Waals surface area contributed by atoms with Gasteiger partial charge in [-0.15, -0.1) is 0 Å². The van der Waals surface area contributed by atoms with Gasteiger partial charge in [-0.3, -0.25) is 4.79 Å². The number of fused-ring (bicyclic) bond motifs is 1. The van der Waals surface area contributed by atoms with Gasteiger partial charge in [0.1, 0.15) is 18.9 Å². The molecule has 0 saturated heterocycles. The van der Waals surface area contributed by atoms with Gasteiger partial charge in [-0.05, 0) is 54.8 Å². The molecule has 1 aromatic heterocycles. The van der Waals surface area contributed by atoms with Crippen molar-refractivity contribution in [3.63, 3.8) is 0 Å². The number of carbonyl (C=O) groups is 1. The summed E-state index contributed by atoms with van der Waals surface area (Å²) in [6.07, 6.45) is 1.93. The molecule has 0 radical (unpaired) electrons. The lowest BCUT2D eigenvalue weighted by molar-refractivity contribution is -0.116. The largest absolute Gasteiger partial charge is 0.488 e. The highest BCUT2D eigenvalue weighted by Crippen LogP contribution is 2.27. The predicted octanol–water partition coefficient (Wildman–Crippen LogP) is 5.48. The topological polar surface area (TPSA) is 43.3 Å². The van der Waals surface area contributed by atoms with Crippen molar-refractivity contribution in [3.05, 3.63) is 95.7 Å². The summed E-state index contributed by atoms with van der Waals surface area (Å²) in [7, 11) is 0. The second-order valence-electron chi connectivity index (χ2n) is 7.20. The normalized spacial score (nSPS) is 10.8. The van der Waals surface area contributed by atoms with Gasteiger partial charge in [0.25, 0.3) is 0 Å². The van der Waals surface area contributed by atoms with E-state index in [1.54, 1.807) is 0 Å². The van der Waals surface area contributed by atoms with E-state index in [0.717, 1.165) is 39.0 Å². The molecular formula is C25H24N2O2. The van der Waals surface area contributed by atoms with Crippen LogP contribution in [0.15, 0.2) is 79.0 Å². The molecule has 29 heavy (non-hydrogen) atoms. The number of amides is 1. The van der Waals surface area contributed by atoms with Gasteiger partial charge in [0, 0.05) is 17.3 Å². The van der Waals surface area contributed by atoms with Crippen molar-refractivity contribution in [3.8, 4) is 5.75 Å². The van der Waals surface area contributed by atoms with Crippen LogP contribution in [0, 0.1) is 13.8 Å². The summed E-state index contributed by atoms with van der Waals surface area (Å²) in [5.74, 6) is 0.770. The number of ether oxygens (including phenoxy) is 1. The zero-order valence-electron chi connectivity index (χ0n) is 16.7. The molecule has 0 aliphatic heterocycles. The van der Waals surface area contributed by atoms with E-state index < -0.39 is 0 Å². The van der Waals surface area contributed by atoms with Crippen molar-refractivity contribution >= 4 is 22.5 Å². The Labute approximate surface area is 170 Å². The molecule has 4 heteroatoms. The van der Waals surface area contributed by atoms with Crippen LogP contribution in [0.1, 0.15) is 16.7 Å². The fourth-order valence-corrected chi connectivity index (χ4v) is 3.43. The Kier molecular flexibility index (Phi) is 5.34. The number of nitrogens with zero attached hydrogens (tertiary/aromatic N) is 1. The average molecular weight is 384 g/mol.